The SMILES string of the molecule is Cc1nc(-c2cccs2)ccc1CN. The third kappa shape index (κ3) is 1.69. The Morgan fingerprint density at radius 2 is 2.21 bits per heavy atom. The van der Waals surface area contributed by atoms with Crippen molar-refractivity contribution in [2.75, 3.05) is 0 Å². The minimum atomic E-state index is 0.559. The molecule has 2 aromatic heterocycles. The number of aryl methyl sites for hydroxylation is 1. The predicted molar refractivity (Wildman–Crippen MR) is 60.2 cm³/mol. The van der Waals surface area contributed by atoms with Crippen LogP contribution in [0, 0.1) is 6.92 Å². The predicted octanol–water partition coefficient (Wildman–Crippen LogP) is 2.58. The monoisotopic (exact) mass is 204 g/mol. The summed E-state index contributed by atoms with van der Waals surface area (Å²) in [6, 6.07) is 8.20. The minimum Gasteiger partial charge on any atom is -0.326 e. The molecule has 72 valence electrons. The van der Waals surface area contributed by atoms with Crippen LogP contribution >= 0.6 is 11.3 Å². The standard InChI is InChI=1S/C11H12N2S/c1-8-9(7-12)4-5-10(13-8)11-3-2-6-14-11/h2-6H,7,12H2,1H3. The Balaban J connectivity index is 2.43. The van der Waals surface area contributed by atoms with E-state index in [1.807, 2.05) is 19.1 Å². The maximum absolute atomic E-state index is 5.58. The first kappa shape index (κ1) is 9.37. The number of thiophene rings is 1. The normalized spacial score (nSPS) is 10.4. The fourth-order valence-corrected chi connectivity index (χ4v) is 2.06. The molecule has 2 nitrogen and oxygen atoms in total. The molecule has 3 heteroatoms. The van der Waals surface area contributed by atoms with Gasteiger partial charge in [0, 0.05) is 12.2 Å². The fraction of sp³-hybridized carbons (Fsp3) is 0.182. The van der Waals surface area contributed by atoms with Crippen LogP contribution in [0.1, 0.15) is 11.3 Å². The Morgan fingerprint density at radius 1 is 1.36 bits per heavy atom. The van der Waals surface area contributed by atoms with Gasteiger partial charge < -0.3 is 5.73 Å². The van der Waals surface area contributed by atoms with E-state index in [2.05, 4.69) is 22.5 Å². The summed E-state index contributed by atoms with van der Waals surface area (Å²) >= 11 is 1.70. The highest BCUT2D eigenvalue weighted by molar-refractivity contribution is 7.13. The molecule has 0 bridgehead atoms. The summed E-state index contributed by atoms with van der Waals surface area (Å²) in [6.45, 7) is 2.56. The van der Waals surface area contributed by atoms with E-state index in [0.29, 0.717) is 6.54 Å². The second-order valence-electron chi connectivity index (χ2n) is 3.12. The van der Waals surface area contributed by atoms with Crippen LogP contribution in [0.5, 0.6) is 0 Å². The van der Waals surface area contributed by atoms with Crippen LogP contribution in [0.4, 0.5) is 0 Å². The van der Waals surface area contributed by atoms with Gasteiger partial charge >= 0.3 is 0 Å². The van der Waals surface area contributed by atoms with Gasteiger partial charge in [0.25, 0.3) is 0 Å². The summed E-state index contributed by atoms with van der Waals surface area (Å²) in [7, 11) is 0. The highest BCUT2D eigenvalue weighted by Crippen LogP contribution is 2.23. The average Bonchev–Trinajstić information content (AvgIpc) is 2.70. The molecule has 0 amide bonds. The first-order chi connectivity index (χ1) is 6.81. The molecule has 0 fully saturated rings. The zero-order chi connectivity index (χ0) is 9.97. The largest absolute Gasteiger partial charge is 0.326 e. The van der Waals surface area contributed by atoms with Gasteiger partial charge in [-0.25, -0.2) is 0 Å². The van der Waals surface area contributed by atoms with Gasteiger partial charge in [-0.2, -0.15) is 0 Å². The van der Waals surface area contributed by atoms with Crippen LogP contribution in [-0.2, 0) is 6.54 Å². The van der Waals surface area contributed by atoms with Crippen LogP contribution in [0.15, 0.2) is 29.6 Å². The Morgan fingerprint density at radius 3 is 2.79 bits per heavy atom. The van der Waals surface area contributed by atoms with Crippen molar-refractivity contribution in [2.24, 2.45) is 5.73 Å². The Kier molecular flexibility index (Phi) is 2.61. The lowest BCUT2D eigenvalue weighted by Crippen LogP contribution is -2.00. The number of hydrogen-bond acceptors (Lipinski definition) is 3. The van der Waals surface area contributed by atoms with E-state index in [1.165, 1.54) is 4.88 Å². The van der Waals surface area contributed by atoms with Crippen molar-refractivity contribution in [3.05, 3.63) is 40.9 Å². The number of nitrogens with zero attached hydrogens (tertiary/aromatic N) is 1. The lowest BCUT2D eigenvalue weighted by Gasteiger charge is -2.03. The van der Waals surface area contributed by atoms with Gasteiger partial charge in [-0.05, 0) is 30.0 Å². The van der Waals surface area contributed by atoms with E-state index in [0.717, 1.165) is 17.0 Å². The Labute approximate surface area is 87.4 Å². The zero-order valence-electron chi connectivity index (χ0n) is 8.03. The Hall–Kier alpha value is -1.19. The minimum absolute atomic E-state index is 0.559. The first-order valence-electron chi connectivity index (χ1n) is 4.51. The van der Waals surface area contributed by atoms with Gasteiger partial charge in [-0.15, -0.1) is 11.3 Å². The molecule has 14 heavy (non-hydrogen) atoms. The van der Waals surface area contributed by atoms with Crippen molar-refractivity contribution in [1.29, 1.82) is 0 Å². The summed E-state index contributed by atoms with van der Waals surface area (Å²) in [5.41, 5.74) is 8.76. The molecule has 2 aromatic rings. The summed E-state index contributed by atoms with van der Waals surface area (Å²) in [4.78, 5) is 5.72. The van der Waals surface area contributed by atoms with Gasteiger partial charge in [0.05, 0.1) is 10.6 Å². The zero-order valence-corrected chi connectivity index (χ0v) is 8.84. The molecule has 0 atom stereocenters. The van der Waals surface area contributed by atoms with Gasteiger partial charge in [-0.1, -0.05) is 12.1 Å². The van der Waals surface area contributed by atoms with Crippen molar-refractivity contribution in [3.63, 3.8) is 0 Å². The van der Waals surface area contributed by atoms with Crippen molar-refractivity contribution in [2.45, 2.75) is 13.5 Å². The van der Waals surface area contributed by atoms with Crippen molar-refractivity contribution >= 4 is 11.3 Å². The molecule has 0 aliphatic rings. The molecular formula is C11H12N2S. The van der Waals surface area contributed by atoms with Gasteiger partial charge in [-0.3, -0.25) is 4.98 Å². The van der Waals surface area contributed by atoms with E-state index in [4.69, 9.17) is 5.73 Å². The van der Waals surface area contributed by atoms with Crippen LogP contribution in [0.2, 0.25) is 0 Å². The number of pyridine rings is 1. The van der Waals surface area contributed by atoms with Crippen molar-refractivity contribution in [3.8, 4) is 10.6 Å². The highest BCUT2D eigenvalue weighted by Gasteiger charge is 2.02. The van der Waals surface area contributed by atoms with Gasteiger partial charge in [0.1, 0.15) is 0 Å². The lowest BCUT2D eigenvalue weighted by atomic mass is 10.2. The second-order valence-corrected chi connectivity index (χ2v) is 4.07. The van der Waals surface area contributed by atoms with Crippen molar-refractivity contribution in [1.82, 2.24) is 4.98 Å². The fourth-order valence-electron chi connectivity index (χ4n) is 1.37. The molecule has 0 aromatic carbocycles. The van der Waals surface area contributed by atoms with Crippen molar-refractivity contribution < 1.29 is 0 Å². The Bertz CT molecular complexity index is 421. The number of nitrogens with two attached hydrogens (primary N) is 1. The first-order valence-corrected chi connectivity index (χ1v) is 5.39. The van der Waals surface area contributed by atoms with Gasteiger partial charge in [0.2, 0.25) is 0 Å². The molecule has 0 unspecified atom stereocenters. The number of rotatable bonds is 2. The van der Waals surface area contributed by atoms with E-state index >= 15 is 0 Å². The smallest absolute Gasteiger partial charge is 0.0805 e. The van der Waals surface area contributed by atoms with Crippen LogP contribution in [-0.4, -0.2) is 4.98 Å². The quantitative estimate of drug-likeness (QED) is 0.816. The number of hydrogen-bond donors (Lipinski definition) is 1. The second kappa shape index (κ2) is 3.90. The highest BCUT2D eigenvalue weighted by atomic mass is 32.1. The van der Waals surface area contributed by atoms with E-state index in [-0.39, 0.29) is 0 Å². The molecule has 0 saturated heterocycles. The van der Waals surface area contributed by atoms with E-state index in [9.17, 15) is 0 Å². The number of aromatic nitrogens is 1. The van der Waals surface area contributed by atoms with Crippen LogP contribution in [0.3, 0.4) is 0 Å². The maximum Gasteiger partial charge on any atom is 0.0805 e. The summed E-state index contributed by atoms with van der Waals surface area (Å²) in [5.74, 6) is 0. The summed E-state index contributed by atoms with van der Waals surface area (Å²) < 4.78 is 0. The molecule has 0 radical (unpaired) electrons. The third-order valence-electron chi connectivity index (χ3n) is 2.19. The summed E-state index contributed by atoms with van der Waals surface area (Å²) in [5, 5.41) is 2.06. The van der Waals surface area contributed by atoms with Gasteiger partial charge in [0.15, 0.2) is 0 Å². The third-order valence-corrected chi connectivity index (χ3v) is 3.08. The molecule has 2 rings (SSSR count). The lowest BCUT2D eigenvalue weighted by molar-refractivity contribution is 1.01. The maximum atomic E-state index is 5.58. The molecule has 0 aliphatic heterocycles. The van der Waals surface area contributed by atoms with Crippen LogP contribution in [0.25, 0.3) is 10.6 Å². The topological polar surface area (TPSA) is 38.9 Å². The molecule has 0 spiro atoms. The molecular weight excluding hydrogens is 192 g/mol. The average molecular weight is 204 g/mol. The summed E-state index contributed by atoms with van der Waals surface area (Å²) in [6.07, 6.45) is 0. The van der Waals surface area contributed by atoms with E-state index in [1.54, 1.807) is 11.3 Å². The molecule has 0 aliphatic carbocycles. The molecule has 2 N–H and O–H groups in total. The van der Waals surface area contributed by atoms with Crippen LogP contribution < -0.4 is 5.73 Å². The molecule has 0 saturated carbocycles. The molecule has 2 heterocycles. The van der Waals surface area contributed by atoms with E-state index < -0.39 is 0 Å².